The lowest BCUT2D eigenvalue weighted by Gasteiger charge is -2.23. The Kier molecular flexibility index (Phi) is 4.74. The Labute approximate surface area is 169 Å². The number of hydrogen-bond donors (Lipinski definition) is 0. The van der Waals surface area contributed by atoms with Crippen LogP contribution in [0.25, 0.3) is 5.69 Å². The van der Waals surface area contributed by atoms with Gasteiger partial charge in [-0.05, 0) is 36.8 Å². The normalized spacial score (nSPS) is 16.9. The number of rotatable bonds is 3. The van der Waals surface area contributed by atoms with Crippen molar-refractivity contribution in [3.05, 3.63) is 80.7 Å². The quantitative estimate of drug-likeness (QED) is 0.613. The SMILES string of the molecule is Cc1c(N2C(=O)CS[C@@H]2c2cccc(Br)c2)c(=O)n(-c2ccccc2)n1C. The van der Waals surface area contributed by atoms with Crippen molar-refractivity contribution >= 4 is 39.3 Å². The second-order valence-corrected chi connectivity index (χ2v) is 8.38. The Morgan fingerprint density at radius 3 is 2.52 bits per heavy atom. The van der Waals surface area contributed by atoms with E-state index in [-0.39, 0.29) is 16.8 Å². The molecule has 0 N–H and O–H groups in total. The summed E-state index contributed by atoms with van der Waals surface area (Å²) in [6.45, 7) is 1.88. The largest absolute Gasteiger partial charge is 0.295 e. The number of thioether (sulfide) groups is 1. The van der Waals surface area contributed by atoms with E-state index in [0.717, 1.165) is 21.4 Å². The molecule has 138 valence electrons. The predicted molar refractivity (Wildman–Crippen MR) is 113 cm³/mol. The number of carbonyl (C=O) groups is 1. The zero-order chi connectivity index (χ0) is 19.1. The Morgan fingerprint density at radius 2 is 1.81 bits per heavy atom. The second kappa shape index (κ2) is 7.05. The molecule has 4 rings (SSSR count). The van der Waals surface area contributed by atoms with Crippen LogP contribution in [0.4, 0.5) is 5.69 Å². The number of para-hydroxylation sites is 1. The van der Waals surface area contributed by atoms with Crippen LogP contribution in [-0.2, 0) is 11.8 Å². The summed E-state index contributed by atoms with van der Waals surface area (Å²) in [7, 11) is 1.84. The number of anilines is 1. The standard InChI is InChI=1S/C20H18BrN3O2S/c1-13-18(19(26)24(22(13)2)16-9-4-3-5-10-16)23-17(25)12-27-20(23)14-7-6-8-15(21)11-14/h3-11,20H,12H2,1-2H3/t20-/m1/s1. The minimum atomic E-state index is -0.215. The molecule has 1 aliphatic rings. The summed E-state index contributed by atoms with van der Waals surface area (Å²) < 4.78 is 4.37. The molecular formula is C20H18BrN3O2S. The molecule has 0 radical (unpaired) electrons. The molecule has 0 spiro atoms. The van der Waals surface area contributed by atoms with E-state index in [1.54, 1.807) is 26.0 Å². The first-order chi connectivity index (χ1) is 13.0. The maximum atomic E-state index is 13.3. The molecular weight excluding hydrogens is 426 g/mol. The Bertz CT molecular complexity index is 1070. The molecule has 27 heavy (non-hydrogen) atoms. The van der Waals surface area contributed by atoms with Crippen LogP contribution >= 0.6 is 27.7 Å². The third kappa shape index (κ3) is 3.04. The van der Waals surface area contributed by atoms with E-state index in [9.17, 15) is 9.59 Å². The molecule has 3 aromatic rings. The van der Waals surface area contributed by atoms with Crippen molar-refractivity contribution in [3.8, 4) is 5.69 Å². The van der Waals surface area contributed by atoms with Gasteiger partial charge in [0.05, 0.1) is 17.1 Å². The smallest absolute Gasteiger partial charge is 0.288 e. The molecule has 5 nitrogen and oxygen atoms in total. The van der Waals surface area contributed by atoms with E-state index < -0.39 is 0 Å². The predicted octanol–water partition coefficient (Wildman–Crippen LogP) is 4.03. The van der Waals surface area contributed by atoms with Crippen LogP contribution in [0.1, 0.15) is 16.6 Å². The second-order valence-electron chi connectivity index (χ2n) is 6.39. The topological polar surface area (TPSA) is 47.2 Å². The molecule has 2 heterocycles. The highest BCUT2D eigenvalue weighted by Gasteiger charge is 2.38. The summed E-state index contributed by atoms with van der Waals surface area (Å²) in [5.41, 5.74) is 2.80. The fourth-order valence-corrected chi connectivity index (χ4v) is 4.97. The summed E-state index contributed by atoms with van der Waals surface area (Å²) in [5, 5.41) is -0.215. The highest BCUT2D eigenvalue weighted by Crippen LogP contribution is 2.42. The molecule has 1 amide bonds. The molecule has 2 aromatic carbocycles. The number of nitrogens with zero attached hydrogens (tertiary/aromatic N) is 3. The van der Waals surface area contributed by atoms with Gasteiger partial charge in [0.15, 0.2) is 0 Å². The highest BCUT2D eigenvalue weighted by atomic mass is 79.9. The van der Waals surface area contributed by atoms with E-state index >= 15 is 0 Å². The van der Waals surface area contributed by atoms with Gasteiger partial charge in [0.25, 0.3) is 5.56 Å². The number of benzene rings is 2. The maximum Gasteiger partial charge on any atom is 0.295 e. The third-order valence-corrected chi connectivity index (χ3v) is 6.47. The van der Waals surface area contributed by atoms with Crippen LogP contribution in [0.3, 0.4) is 0 Å². The fraction of sp³-hybridized carbons (Fsp3) is 0.200. The van der Waals surface area contributed by atoms with Gasteiger partial charge in [-0.3, -0.25) is 19.2 Å². The highest BCUT2D eigenvalue weighted by molar-refractivity contribution is 9.10. The number of halogens is 1. The van der Waals surface area contributed by atoms with E-state index in [2.05, 4.69) is 15.9 Å². The van der Waals surface area contributed by atoms with Gasteiger partial charge in [0.2, 0.25) is 5.91 Å². The Hall–Kier alpha value is -2.25. The monoisotopic (exact) mass is 443 g/mol. The fourth-order valence-electron chi connectivity index (χ4n) is 3.40. The van der Waals surface area contributed by atoms with Crippen molar-refractivity contribution in [2.24, 2.45) is 7.05 Å². The van der Waals surface area contributed by atoms with Crippen LogP contribution < -0.4 is 10.5 Å². The molecule has 0 saturated carbocycles. The zero-order valence-electron chi connectivity index (χ0n) is 14.9. The Balaban J connectivity index is 1.87. The van der Waals surface area contributed by atoms with Crippen molar-refractivity contribution in [2.45, 2.75) is 12.3 Å². The van der Waals surface area contributed by atoms with E-state index in [0.29, 0.717) is 11.4 Å². The van der Waals surface area contributed by atoms with Crippen LogP contribution in [0.2, 0.25) is 0 Å². The molecule has 1 aliphatic heterocycles. The number of aromatic nitrogens is 2. The average molecular weight is 444 g/mol. The van der Waals surface area contributed by atoms with Crippen molar-refractivity contribution < 1.29 is 4.79 Å². The maximum absolute atomic E-state index is 13.3. The van der Waals surface area contributed by atoms with Gasteiger partial charge < -0.3 is 0 Å². The summed E-state index contributed by atoms with van der Waals surface area (Å²) in [4.78, 5) is 27.7. The first-order valence-corrected chi connectivity index (χ1v) is 10.4. The number of amides is 1. The average Bonchev–Trinajstić information content (AvgIpc) is 3.13. The third-order valence-electron chi connectivity index (χ3n) is 4.77. The van der Waals surface area contributed by atoms with Gasteiger partial charge in [0.1, 0.15) is 11.1 Å². The lowest BCUT2D eigenvalue weighted by molar-refractivity contribution is -0.115. The van der Waals surface area contributed by atoms with Gasteiger partial charge in [-0.1, -0.05) is 46.3 Å². The molecule has 7 heteroatoms. The van der Waals surface area contributed by atoms with Crippen LogP contribution in [-0.4, -0.2) is 21.0 Å². The van der Waals surface area contributed by atoms with Crippen LogP contribution in [0.5, 0.6) is 0 Å². The first-order valence-electron chi connectivity index (χ1n) is 8.52. The zero-order valence-corrected chi connectivity index (χ0v) is 17.3. The number of hydrogen-bond acceptors (Lipinski definition) is 3. The van der Waals surface area contributed by atoms with E-state index in [4.69, 9.17) is 0 Å². The molecule has 0 unspecified atom stereocenters. The molecule has 1 atom stereocenters. The molecule has 1 aromatic heterocycles. The van der Waals surface area contributed by atoms with Gasteiger partial charge in [0, 0.05) is 11.5 Å². The van der Waals surface area contributed by atoms with Gasteiger partial charge in [-0.2, -0.15) is 0 Å². The lowest BCUT2D eigenvalue weighted by atomic mass is 10.2. The first kappa shape index (κ1) is 18.1. The van der Waals surface area contributed by atoms with Crippen LogP contribution in [0.15, 0.2) is 63.9 Å². The van der Waals surface area contributed by atoms with Crippen molar-refractivity contribution in [3.63, 3.8) is 0 Å². The summed E-state index contributed by atoms with van der Waals surface area (Å²) in [6, 6.07) is 17.4. The number of carbonyl (C=O) groups excluding carboxylic acids is 1. The van der Waals surface area contributed by atoms with E-state index in [1.807, 2.05) is 68.6 Å². The van der Waals surface area contributed by atoms with Gasteiger partial charge in [-0.15, -0.1) is 11.8 Å². The van der Waals surface area contributed by atoms with Crippen molar-refractivity contribution in [1.29, 1.82) is 0 Å². The van der Waals surface area contributed by atoms with Crippen molar-refractivity contribution in [1.82, 2.24) is 9.36 Å². The minimum absolute atomic E-state index is 0.0454. The lowest BCUT2D eigenvalue weighted by Crippen LogP contribution is -2.33. The molecule has 0 bridgehead atoms. The molecule has 1 saturated heterocycles. The summed E-state index contributed by atoms with van der Waals surface area (Å²) in [5.74, 6) is 0.312. The summed E-state index contributed by atoms with van der Waals surface area (Å²) >= 11 is 5.03. The Morgan fingerprint density at radius 1 is 1.07 bits per heavy atom. The summed E-state index contributed by atoms with van der Waals surface area (Å²) in [6.07, 6.45) is 0. The molecule has 1 fully saturated rings. The van der Waals surface area contributed by atoms with Crippen molar-refractivity contribution in [2.75, 3.05) is 10.7 Å². The van der Waals surface area contributed by atoms with Gasteiger partial charge in [-0.25, -0.2) is 4.68 Å². The molecule has 0 aliphatic carbocycles. The van der Waals surface area contributed by atoms with Gasteiger partial charge >= 0.3 is 0 Å². The minimum Gasteiger partial charge on any atom is -0.288 e. The van der Waals surface area contributed by atoms with E-state index in [1.165, 1.54) is 0 Å². The van der Waals surface area contributed by atoms with Crippen LogP contribution in [0, 0.1) is 6.92 Å².